The summed E-state index contributed by atoms with van der Waals surface area (Å²) in [5, 5.41) is 5.72. The van der Waals surface area contributed by atoms with E-state index in [0.717, 1.165) is 13.1 Å². The molecule has 0 bridgehead atoms. The van der Waals surface area contributed by atoms with Crippen LogP contribution < -0.4 is 10.6 Å². The summed E-state index contributed by atoms with van der Waals surface area (Å²) >= 11 is 0. The van der Waals surface area contributed by atoms with E-state index < -0.39 is 0 Å². The van der Waals surface area contributed by atoms with Gasteiger partial charge in [0.05, 0.1) is 18.2 Å². The van der Waals surface area contributed by atoms with Crippen molar-refractivity contribution in [2.24, 2.45) is 5.92 Å². The second kappa shape index (κ2) is 9.82. The Kier molecular flexibility index (Phi) is 7.77. The Morgan fingerprint density at radius 2 is 1.63 bits per heavy atom. The van der Waals surface area contributed by atoms with Gasteiger partial charge < -0.3 is 20.1 Å². The number of rotatable bonds is 7. The molecule has 1 aliphatic heterocycles. The molecule has 7 heteroatoms. The first-order valence-electron chi connectivity index (χ1n) is 9.39. The Balaban J connectivity index is 2.01. The van der Waals surface area contributed by atoms with Crippen LogP contribution in [0.15, 0.2) is 24.3 Å². The average Bonchev–Trinajstić information content (AvgIpc) is 2.55. The van der Waals surface area contributed by atoms with Crippen LogP contribution in [0, 0.1) is 5.92 Å². The Bertz CT molecular complexity index is 623. The summed E-state index contributed by atoms with van der Waals surface area (Å²) in [6.45, 7) is 9.68. The minimum atomic E-state index is -0.222. The summed E-state index contributed by atoms with van der Waals surface area (Å²) < 4.78 is 10.6. The van der Waals surface area contributed by atoms with Gasteiger partial charge in [-0.15, -0.1) is 0 Å². The molecule has 150 valence electrons. The van der Waals surface area contributed by atoms with E-state index in [1.54, 1.807) is 24.3 Å². The quantitative estimate of drug-likeness (QED) is 0.762. The van der Waals surface area contributed by atoms with Crippen LogP contribution in [0.1, 0.15) is 27.7 Å². The van der Waals surface area contributed by atoms with Crippen molar-refractivity contribution in [1.82, 2.24) is 4.90 Å². The monoisotopic (exact) mass is 377 g/mol. The Morgan fingerprint density at radius 3 is 2.11 bits per heavy atom. The highest BCUT2D eigenvalue weighted by atomic mass is 16.5. The van der Waals surface area contributed by atoms with E-state index >= 15 is 0 Å². The van der Waals surface area contributed by atoms with Gasteiger partial charge in [-0.1, -0.05) is 13.8 Å². The molecule has 0 aromatic heterocycles. The van der Waals surface area contributed by atoms with E-state index in [2.05, 4.69) is 29.4 Å². The molecule has 27 heavy (non-hydrogen) atoms. The number of carbonyl (C=O) groups excluding carboxylic acids is 2. The first-order valence-corrected chi connectivity index (χ1v) is 9.39. The number of nitrogens with zero attached hydrogens (tertiary/aromatic N) is 1. The summed E-state index contributed by atoms with van der Waals surface area (Å²) in [6.07, 6.45) is 0.218. The number of morpholine rings is 1. The van der Waals surface area contributed by atoms with Crippen molar-refractivity contribution in [3.05, 3.63) is 24.3 Å². The molecule has 1 aliphatic rings. The molecule has 7 nitrogen and oxygen atoms in total. The van der Waals surface area contributed by atoms with Crippen LogP contribution in [0.4, 0.5) is 11.4 Å². The van der Waals surface area contributed by atoms with Gasteiger partial charge in [0.2, 0.25) is 11.8 Å². The van der Waals surface area contributed by atoms with E-state index in [9.17, 15) is 9.59 Å². The summed E-state index contributed by atoms with van der Waals surface area (Å²) in [7, 11) is 1.47. The Morgan fingerprint density at radius 1 is 1.11 bits per heavy atom. The maximum atomic E-state index is 12.9. The standard InChI is InChI=1S/C20H31N3O4/c1-13(2)19(23-10-14(3)27-15(4)11-23)20(25)22-17-8-6-16(7-9-17)21-18(24)12-26-5/h6-9,13-15,19H,10-12H2,1-5H3,(H,21,24)(H,22,25)/t14-,15+,19-/m1/s1. The van der Waals surface area contributed by atoms with Crippen LogP contribution in [-0.4, -0.2) is 61.8 Å². The summed E-state index contributed by atoms with van der Waals surface area (Å²) in [6, 6.07) is 6.85. The second-order valence-corrected chi connectivity index (χ2v) is 7.45. The molecule has 1 aromatic carbocycles. The largest absolute Gasteiger partial charge is 0.375 e. The summed E-state index contributed by atoms with van der Waals surface area (Å²) in [5.74, 6) is -0.0673. The number of nitrogens with one attached hydrogen (secondary N) is 2. The molecule has 0 unspecified atom stereocenters. The minimum absolute atomic E-state index is 0.00491. The molecule has 0 aliphatic carbocycles. The summed E-state index contributed by atoms with van der Waals surface area (Å²) in [4.78, 5) is 26.7. The molecule has 2 rings (SSSR count). The molecule has 2 amide bonds. The predicted molar refractivity (Wildman–Crippen MR) is 106 cm³/mol. The number of amides is 2. The molecular formula is C20H31N3O4. The summed E-state index contributed by atoms with van der Waals surface area (Å²) in [5.41, 5.74) is 1.36. The minimum Gasteiger partial charge on any atom is -0.375 e. The van der Waals surface area contributed by atoms with Crippen molar-refractivity contribution < 1.29 is 19.1 Å². The van der Waals surface area contributed by atoms with Crippen LogP contribution in [0.25, 0.3) is 0 Å². The third-order valence-electron chi connectivity index (χ3n) is 4.45. The predicted octanol–water partition coefficient (Wildman–Crippen LogP) is 2.34. The molecule has 1 aromatic rings. The first-order chi connectivity index (χ1) is 12.8. The number of hydrogen-bond acceptors (Lipinski definition) is 5. The number of methoxy groups -OCH3 is 1. The maximum absolute atomic E-state index is 12.9. The number of carbonyl (C=O) groups is 2. The zero-order chi connectivity index (χ0) is 20.0. The first kappa shape index (κ1) is 21.3. The lowest BCUT2D eigenvalue weighted by Gasteiger charge is -2.41. The highest BCUT2D eigenvalue weighted by Gasteiger charge is 2.34. The van der Waals surface area contributed by atoms with Gasteiger partial charge >= 0.3 is 0 Å². The molecule has 1 saturated heterocycles. The number of anilines is 2. The maximum Gasteiger partial charge on any atom is 0.250 e. The topological polar surface area (TPSA) is 79.9 Å². The van der Waals surface area contributed by atoms with Gasteiger partial charge in [-0.2, -0.15) is 0 Å². The highest BCUT2D eigenvalue weighted by molar-refractivity contribution is 5.96. The molecule has 0 radical (unpaired) electrons. The van der Waals surface area contributed by atoms with Crippen molar-refractivity contribution in [3.8, 4) is 0 Å². The zero-order valence-corrected chi connectivity index (χ0v) is 16.8. The van der Waals surface area contributed by atoms with Gasteiger partial charge in [-0.25, -0.2) is 0 Å². The third kappa shape index (κ3) is 6.30. The molecule has 0 spiro atoms. The van der Waals surface area contributed by atoms with Gasteiger partial charge in [-0.05, 0) is 44.0 Å². The van der Waals surface area contributed by atoms with Gasteiger partial charge in [-0.3, -0.25) is 14.5 Å². The van der Waals surface area contributed by atoms with Gasteiger partial charge in [0.25, 0.3) is 0 Å². The lowest BCUT2D eigenvalue weighted by Crippen LogP contribution is -2.55. The van der Waals surface area contributed by atoms with Gasteiger partial charge in [0.15, 0.2) is 0 Å². The molecular weight excluding hydrogens is 346 g/mol. The fraction of sp³-hybridized carbons (Fsp3) is 0.600. The Hall–Kier alpha value is -1.96. The van der Waals surface area contributed by atoms with Crippen LogP contribution in [0.3, 0.4) is 0 Å². The lowest BCUT2D eigenvalue weighted by molar-refractivity contribution is -0.130. The fourth-order valence-electron chi connectivity index (χ4n) is 3.52. The average molecular weight is 377 g/mol. The normalized spacial score (nSPS) is 21.7. The molecule has 0 saturated carbocycles. The number of benzene rings is 1. The van der Waals surface area contributed by atoms with Crippen molar-refractivity contribution in [2.45, 2.75) is 45.9 Å². The SMILES string of the molecule is COCC(=O)Nc1ccc(NC(=O)[C@@H](C(C)C)N2C[C@@H](C)O[C@@H](C)C2)cc1. The fourth-order valence-corrected chi connectivity index (χ4v) is 3.52. The second-order valence-electron chi connectivity index (χ2n) is 7.45. The van der Waals surface area contributed by atoms with Gasteiger partial charge in [0, 0.05) is 31.6 Å². The molecule has 3 atom stereocenters. The van der Waals surface area contributed by atoms with E-state index in [1.165, 1.54) is 7.11 Å². The zero-order valence-electron chi connectivity index (χ0n) is 16.8. The molecule has 2 N–H and O–H groups in total. The van der Waals surface area contributed by atoms with E-state index in [1.807, 2.05) is 13.8 Å². The number of hydrogen-bond donors (Lipinski definition) is 2. The van der Waals surface area contributed by atoms with Crippen molar-refractivity contribution in [3.63, 3.8) is 0 Å². The van der Waals surface area contributed by atoms with Crippen molar-refractivity contribution in [2.75, 3.05) is 37.4 Å². The highest BCUT2D eigenvalue weighted by Crippen LogP contribution is 2.21. The van der Waals surface area contributed by atoms with E-state index in [-0.39, 0.29) is 42.6 Å². The Labute approximate surface area is 161 Å². The van der Waals surface area contributed by atoms with Crippen LogP contribution in [0.5, 0.6) is 0 Å². The third-order valence-corrected chi connectivity index (χ3v) is 4.45. The van der Waals surface area contributed by atoms with Crippen LogP contribution >= 0.6 is 0 Å². The van der Waals surface area contributed by atoms with Crippen LogP contribution in [-0.2, 0) is 19.1 Å². The van der Waals surface area contributed by atoms with Crippen LogP contribution in [0.2, 0.25) is 0 Å². The molecule has 1 heterocycles. The van der Waals surface area contributed by atoms with Crippen molar-refractivity contribution in [1.29, 1.82) is 0 Å². The number of ether oxygens (including phenoxy) is 2. The molecule has 1 fully saturated rings. The van der Waals surface area contributed by atoms with E-state index in [0.29, 0.717) is 11.4 Å². The smallest absolute Gasteiger partial charge is 0.250 e. The van der Waals surface area contributed by atoms with Crippen molar-refractivity contribution >= 4 is 23.2 Å². The van der Waals surface area contributed by atoms with E-state index in [4.69, 9.17) is 9.47 Å². The van der Waals surface area contributed by atoms with Gasteiger partial charge in [0.1, 0.15) is 6.61 Å². The lowest BCUT2D eigenvalue weighted by atomic mass is 9.99.